The van der Waals surface area contributed by atoms with Crippen molar-refractivity contribution in [1.29, 1.82) is 0 Å². The first-order chi connectivity index (χ1) is 20.4. The van der Waals surface area contributed by atoms with Crippen molar-refractivity contribution in [2.24, 2.45) is 0 Å². The van der Waals surface area contributed by atoms with Crippen molar-refractivity contribution in [2.45, 2.75) is 6.73 Å². The Hall–Kier alpha value is -0.417. The molecule has 17 heteroatoms. The van der Waals surface area contributed by atoms with Crippen molar-refractivity contribution in [1.82, 2.24) is 29.5 Å². The Morgan fingerprint density at radius 1 is 1.02 bits per heavy atom. The van der Waals surface area contributed by atoms with Crippen molar-refractivity contribution in [3.63, 3.8) is 0 Å². The number of ether oxygens (including phenoxy) is 1. The minimum atomic E-state index is -0.181. The fourth-order valence-electron chi connectivity index (χ4n) is 3.98. The summed E-state index contributed by atoms with van der Waals surface area (Å²) in [5.41, 5.74) is 4.54. The summed E-state index contributed by atoms with van der Waals surface area (Å²) in [6.07, 6.45) is 3.48. The van der Waals surface area contributed by atoms with Gasteiger partial charge in [0.25, 0.3) is 6.47 Å². The maximum Gasteiger partial charge on any atom is 1.00 e. The number of nitrogens with one attached hydrogen (secondary N) is 1. The minimum absolute atomic E-state index is 0. The summed E-state index contributed by atoms with van der Waals surface area (Å²) in [5, 5.41) is 21.0. The molecule has 0 spiro atoms. The fourth-order valence-corrected chi connectivity index (χ4v) is 4.28. The predicted molar refractivity (Wildman–Crippen MR) is 168 cm³/mol. The van der Waals surface area contributed by atoms with Gasteiger partial charge in [-0.3, -0.25) is 9.36 Å². The molecule has 0 radical (unpaired) electrons. The number of hydrogen-bond acceptors (Lipinski definition) is 9. The molecule has 1 aliphatic rings. The average Bonchev–Trinajstić information content (AvgIpc) is 3.61. The molecule has 218 valence electrons. The minimum Gasteiger partial charge on any atom is -1.00 e. The van der Waals surface area contributed by atoms with Gasteiger partial charge in [0, 0.05) is 23.2 Å². The third kappa shape index (κ3) is 10.3. The summed E-state index contributed by atoms with van der Waals surface area (Å²) in [5.74, 6) is 0.843. The van der Waals surface area contributed by atoms with Crippen LogP contribution < -0.4 is 113 Å². The molecule has 7 heterocycles. The van der Waals surface area contributed by atoms with Crippen LogP contribution in [-0.2, 0) is 16.4 Å². The topological polar surface area (TPSA) is 151 Å². The van der Waals surface area contributed by atoms with E-state index in [4.69, 9.17) is 49.6 Å². The van der Waals surface area contributed by atoms with Crippen LogP contribution in [0.15, 0.2) is 73.1 Å². The zero-order chi connectivity index (χ0) is 30.1. The van der Waals surface area contributed by atoms with E-state index in [2.05, 4.69) is 58.5 Å². The molecule has 0 saturated carbocycles. The van der Waals surface area contributed by atoms with Gasteiger partial charge in [0.15, 0.2) is 6.73 Å². The molecule has 0 atom stereocenters. The SMILES string of the molecule is ClCI.Clc1ccc2c(n1)-c1cc3cccnc3n1CO2.O=CO[O-].Oc1ccc(Cl)nc1-c1cc2cccnc2[nH]1.[H-].[K+].[K+]. The van der Waals surface area contributed by atoms with E-state index in [-0.39, 0.29) is 116 Å². The first-order valence-corrected chi connectivity index (χ1v) is 14.6. The van der Waals surface area contributed by atoms with E-state index in [0.717, 1.165) is 39.2 Å². The monoisotopic (exact) mass is 818 g/mol. The summed E-state index contributed by atoms with van der Waals surface area (Å²) in [6.45, 7) is 0.270. The number of fused-ring (bicyclic) bond motifs is 6. The molecule has 1 aliphatic heterocycles. The molecule has 6 aromatic rings. The van der Waals surface area contributed by atoms with Crippen molar-refractivity contribution in [3.05, 3.63) is 83.4 Å². The Bertz CT molecular complexity index is 1800. The van der Waals surface area contributed by atoms with Crippen LogP contribution in [0, 0.1) is 0 Å². The number of nitrogens with zero attached hydrogens (tertiary/aromatic N) is 5. The number of carbonyl (C=O) groups is 1. The number of pyridine rings is 4. The van der Waals surface area contributed by atoms with Gasteiger partial charge in [-0.1, -0.05) is 45.8 Å². The average molecular weight is 820 g/mol. The van der Waals surface area contributed by atoms with Crippen molar-refractivity contribution >= 4 is 85.9 Å². The van der Waals surface area contributed by atoms with Gasteiger partial charge in [0.1, 0.15) is 44.5 Å². The smallest absolute Gasteiger partial charge is 1.00 e. The van der Waals surface area contributed by atoms with Crippen LogP contribution >= 0.6 is 57.4 Å². The molecular formula is C27H20Cl3IK2N6O5. The largest absolute Gasteiger partial charge is 1.00 e. The van der Waals surface area contributed by atoms with Crippen molar-refractivity contribution in [3.8, 4) is 34.3 Å². The Morgan fingerprint density at radius 3 is 2.30 bits per heavy atom. The number of rotatable bonds is 2. The van der Waals surface area contributed by atoms with Crippen molar-refractivity contribution in [2.75, 3.05) is 3.89 Å². The molecule has 0 bridgehead atoms. The molecule has 0 unspecified atom stereocenters. The summed E-state index contributed by atoms with van der Waals surface area (Å²) < 4.78 is 8.37. The summed E-state index contributed by atoms with van der Waals surface area (Å²) >= 11 is 18.8. The Morgan fingerprint density at radius 2 is 1.64 bits per heavy atom. The zero-order valence-corrected chi connectivity index (χ0v) is 33.9. The maximum absolute atomic E-state index is 9.75. The first-order valence-electron chi connectivity index (χ1n) is 11.8. The first kappa shape index (κ1) is 39.8. The van der Waals surface area contributed by atoms with E-state index >= 15 is 0 Å². The number of carbonyl (C=O) groups excluding carboxylic acids is 1. The number of hydrogen-bond donors (Lipinski definition) is 2. The van der Waals surface area contributed by atoms with Crippen LogP contribution in [0.3, 0.4) is 0 Å². The molecule has 2 N–H and O–H groups in total. The summed E-state index contributed by atoms with van der Waals surface area (Å²) in [6, 6.07) is 18.3. The van der Waals surface area contributed by atoms with Crippen molar-refractivity contribution < 1.29 is 129 Å². The molecular weight excluding hydrogens is 800 g/mol. The maximum atomic E-state index is 9.75. The van der Waals surface area contributed by atoms with E-state index in [1.54, 1.807) is 24.5 Å². The molecule has 0 aromatic carbocycles. The van der Waals surface area contributed by atoms with Gasteiger partial charge in [-0.2, -0.15) is 0 Å². The van der Waals surface area contributed by atoms with Crippen LogP contribution in [0.2, 0.25) is 10.3 Å². The van der Waals surface area contributed by atoms with E-state index < -0.39 is 0 Å². The number of alkyl halides is 2. The quantitative estimate of drug-likeness (QED) is 0.0478. The molecule has 0 aliphatic carbocycles. The number of halogens is 4. The van der Waals surface area contributed by atoms with Gasteiger partial charge in [0.2, 0.25) is 0 Å². The third-order valence-electron chi connectivity index (χ3n) is 5.60. The van der Waals surface area contributed by atoms with Gasteiger partial charge in [-0.05, 0) is 60.7 Å². The zero-order valence-electron chi connectivity index (χ0n) is 24.2. The molecule has 6 aromatic heterocycles. The van der Waals surface area contributed by atoms with E-state index in [1.165, 1.54) is 6.07 Å². The fraction of sp³-hybridized carbons (Fsp3) is 0.0741. The standard InChI is InChI=1S/C13H8ClN3O.C12H8ClN3O.CH2ClI.CH2O3.2K.H/c14-11-4-3-10-12(16-11)9-6-8-2-1-5-15-13(8)17(9)7-18-10;13-10-4-3-9(17)11(16-10)8-6-7-2-1-5-14-12(7)15-8;2-1-3;2-1-4-3;;;/h1-6H,7H2;1-6,17H,(H,14,15);1H2;1,3H;;;/q;;;;2*+1;-1/p-1. The van der Waals surface area contributed by atoms with Crippen LogP contribution in [0.4, 0.5) is 0 Å². The second kappa shape index (κ2) is 20.1. The number of H-pyrrole nitrogens is 1. The molecule has 11 nitrogen and oxygen atoms in total. The normalized spacial score (nSPS) is 10.4. The van der Waals surface area contributed by atoms with E-state index in [0.29, 0.717) is 32.3 Å². The molecule has 44 heavy (non-hydrogen) atoms. The van der Waals surface area contributed by atoms with Gasteiger partial charge >= 0.3 is 103 Å². The van der Waals surface area contributed by atoms with Crippen LogP contribution in [0.25, 0.3) is 44.8 Å². The van der Waals surface area contributed by atoms with Crippen LogP contribution in [0.1, 0.15) is 1.43 Å². The molecule has 7 rings (SSSR count). The number of aromatic hydroxyl groups is 1. The Labute approximate surface area is 366 Å². The second-order valence-electron chi connectivity index (χ2n) is 8.05. The van der Waals surface area contributed by atoms with Gasteiger partial charge in [-0.25, -0.2) is 19.9 Å². The molecule has 0 fully saturated rings. The van der Waals surface area contributed by atoms with Gasteiger partial charge in [0.05, 0.1) is 15.3 Å². The summed E-state index contributed by atoms with van der Waals surface area (Å²) in [7, 11) is 0. The number of aromatic amines is 1. The molecule has 0 saturated heterocycles. The van der Waals surface area contributed by atoms with E-state index in [9.17, 15) is 5.11 Å². The third-order valence-corrected chi connectivity index (χ3v) is 6.02. The van der Waals surface area contributed by atoms with Gasteiger partial charge < -0.3 is 26.4 Å². The Kier molecular flexibility index (Phi) is 18.1. The number of aromatic nitrogens is 6. The van der Waals surface area contributed by atoms with E-state index in [1.807, 2.05) is 41.0 Å². The second-order valence-corrected chi connectivity index (χ2v) is 10.8. The Balaban J connectivity index is 0.000000355. The summed E-state index contributed by atoms with van der Waals surface area (Å²) in [4.78, 5) is 31.3. The predicted octanol–water partition coefficient (Wildman–Crippen LogP) is 0.258. The van der Waals surface area contributed by atoms with Crippen LogP contribution in [0.5, 0.6) is 11.5 Å². The van der Waals surface area contributed by atoms with Gasteiger partial charge in [-0.15, -0.1) is 11.6 Å². The van der Waals surface area contributed by atoms with Crippen LogP contribution in [-0.4, -0.2) is 45.0 Å². The molecule has 0 amide bonds.